The highest BCUT2D eigenvalue weighted by Crippen LogP contribution is 2.18. The van der Waals surface area contributed by atoms with Gasteiger partial charge in [0.05, 0.1) is 12.6 Å². The summed E-state index contributed by atoms with van der Waals surface area (Å²) >= 11 is 0. The fourth-order valence-corrected chi connectivity index (χ4v) is 2.61. The van der Waals surface area contributed by atoms with Crippen molar-refractivity contribution in [2.24, 2.45) is 5.92 Å². The van der Waals surface area contributed by atoms with Crippen LogP contribution in [0.5, 0.6) is 5.75 Å². The number of methoxy groups -OCH3 is 1. The van der Waals surface area contributed by atoms with Gasteiger partial charge in [0.2, 0.25) is 5.82 Å². The van der Waals surface area contributed by atoms with Crippen LogP contribution in [-0.4, -0.2) is 34.9 Å². The molecule has 0 saturated heterocycles. The lowest BCUT2D eigenvalue weighted by Gasteiger charge is -2.06. The van der Waals surface area contributed by atoms with Crippen molar-refractivity contribution in [2.45, 2.75) is 13.8 Å². The van der Waals surface area contributed by atoms with Crippen molar-refractivity contribution in [2.75, 3.05) is 19.0 Å². The topological polar surface area (TPSA) is 84.7 Å². The van der Waals surface area contributed by atoms with Crippen molar-refractivity contribution in [3.63, 3.8) is 0 Å². The maximum atomic E-state index is 12.7. The standard InChI is InChI=1S/C20H22N4O3/c1-13(2)12-21-20(26)18-23-17(16-6-4-5-11-24(16)18)19(25)22-14-7-9-15(27-3)10-8-14/h4-11,13H,12H2,1-3H3,(H,21,26)(H,22,25). The molecule has 0 saturated carbocycles. The van der Waals surface area contributed by atoms with E-state index in [0.29, 0.717) is 29.4 Å². The molecule has 0 aliphatic rings. The Morgan fingerprint density at radius 2 is 1.85 bits per heavy atom. The summed E-state index contributed by atoms with van der Waals surface area (Å²) in [5, 5.41) is 5.64. The second kappa shape index (κ2) is 7.90. The van der Waals surface area contributed by atoms with E-state index in [4.69, 9.17) is 4.74 Å². The minimum Gasteiger partial charge on any atom is -0.497 e. The quantitative estimate of drug-likeness (QED) is 0.702. The third-order valence-electron chi connectivity index (χ3n) is 3.99. The van der Waals surface area contributed by atoms with Crippen LogP contribution in [0.2, 0.25) is 0 Å². The number of ether oxygens (including phenoxy) is 1. The van der Waals surface area contributed by atoms with Gasteiger partial charge in [0.15, 0.2) is 5.69 Å². The molecule has 0 unspecified atom stereocenters. The van der Waals surface area contributed by atoms with Gasteiger partial charge in [0.25, 0.3) is 11.8 Å². The zero-order valence-electron chi connectivity index (χ0n) is 15.5. The molecule has 2 N–H and O–H groups in total. The first-order valence-corrected chi connectivity index (χ1v) is 8.70. The Balaban J connectivity index is 1.89. The third-order valence-corrected chi connectivity index (χ3v) is 3.99. The van der Waals surface area contributed by atoms with Gasteiger partial charge < -0.3 is 15.4 Å². The molecule has 0 aliphatic carbocycles. The smallest absolute Gasteiger partial charge is 0.287 e. The fraction of sp³-hybridized carbons (Fsp3) is 0.250. The summed E-state index contributed by atoms with van der Waals surface area (Å²) in [7, 11) is 1.58. The molecule has 0 bridgehead atoms. The Hall–Kier alpha value is -3.35. The lowest BCUT2D eigenvalue weighted by Crippen LogP contribution is -2.29. The maximum absolute atomic E-state index is 12.7. The molecule has 0 radical (unpaired) electrons. The molecule has 2 heterocycles. The van der Waals surface area contributed by atoms with Crippen molar-refractivity contribution in [3.05, 3.63) is 60.2 Å². The molecule has 2 aromatic heterocycles. The molecule has 3 rings (SSSR count). The van der Waals surface area contributed by atoms with Crippen molar-refractivity contribution in [3.8, 4) is 5.75 Å². The highest BCUT2D eigenvalue weighted by Gasteiger charge is 2.21. The zero-order valence-corrected chi connectivity index (χ0v) is 15.5. The minimum atomic E-state index is -0.383. The number of amides is 2. The molecule has 0 aliphatic heterocycles. The number of nitrogens with zero attached hydrogens (tertiary/aromatic N) is 2. The van der Waals surface area contributed by atoms with E-state index in [0.717, 1.165) is 0 Å². The predicted molar refractivity (Wildman–Crippen MR) is 103 cm³/mol. The number of nitrogens with one attached hydrogen (secondary N) is 2. The van der Waals surface area contributed by atoms with Crippen LogP contribution in [0.4, 0.5) is 5.69 Å². The van der Waals surface area contributed by atoms with Crippen LogP contribution >= 0.6 is 0 Å². The second-order valence-corrected chi connectivity index (χ2v) is 6.53. The molecule has 27 heavy (non-hydrogen) atoms. The van der Waals surface area contributed by atoms with Crippen molar-refractivity contribution < 1.29 is 14.3 Å². The number of carbonyl (C=O) groups is 2. The van der Waals surface area contributed by atoms with Gasteiger partial charge in [-0.25, -0.2) is 4.98 Å². The first-order chi connectivity index (χ1) is 13.0. The molecular formula is C20H22N4O3. The number of imidazole rings is 1. The van der Waals surface area contributed by atoms with E-state index in [1.807, 2.05) is 13.8 Å². The molecule has 140 valence electrons. The van der Waals surface area contributed by atoms with E-state index in [9.17, 15) is 9.59 Å². The maximum Gasteiger partial charge on any atom is 0.287 e. The van der Waals surface area contributed by atoms with E-state index in [-0.39, 0.29) is 23.3 Å². The number of fused-ring (bicyclic) bond motifs is 1. The summed E-state index contributed by atoms with van der Waals surface area (Å²) in [6.07, 6.45) is 1.72. The summed E-state index contributed by atoms with van der Waals surface area (Å²) in [6, 6.07) is 12.3. The van der Waals surface area contributed by atoms with Crippen LogP contribution in [0.25, 0.3) is 5.52 Å². The van der Waals surface area contributed by atoms with E-state index in [1.165, 1.54) is 0 Å². The number of anilines is 1. The van der Waals surface area contributed by atoms with Crippen LogP contribution in [0.3, 0.4) is 0 Å². The highest BCUT2D eigenvalue weighted by atomic mass is 16.5. The van der Waals surface area contributed by atoms with Crippen molar-refractivity contribution in [1.29, 1.82) is 0 Å². The summed E-state index contributed by atoms with van der Waals surface area (Å²) in [5.41, 5.74) is 1.38. The molecular weight excluding hydrogens is 344 g/mol. The van der Waals surface area contributed by atoms with Gasteiger partial charge >= 0.3 is 0 Å². The van der Waals surface area contributed by atoms with Gasteiger partial charge in [-0.2, -0.15) is 0 Å². The van der Waals surface area contributed by atoms with Gasteiger partial charge in [0.1, 0.15) is 5.75 Å². The number of benzene rings is 1. The zero-order chi connectivity index (χ0) is 19.4. The largest absolute Gasteiger partial charge is 0.497 e. The Labute approximate surface area is 157 Å². The fourth-order valence-electron chi connectivity index (χ4n) is 2.61. The van der Waals surface area contributed by atoms with Gasteiger partial charge in [-0.05, 0) is 42.3 Å². The van der Waals surface area contributed by atoms with E-state index >= 15 is 0 Å². The number of aromatic nitrogens is 2. The summed E-state index contributed by atoms with van der Waals surface area (Å²) < 4.78 is 6.74. The Morgan fingerprint density at radius 1 is 1.11 bits per heavy atom. The second-order valence-electron chi connectivity index (χ2n) is 6.53. The van der Waals surface area contributed by atoms with Gasteiger partial charge in [-0.1, -0.05) is 19.9 Å². The SMILES string of the molecule is COc1ccc(NC(=O)c2nc(C(=O)NCC(C)C)n3ccccc23)cc1. The Morgan fingerprint density at radius 3 is 2.52 bits per heavy atom. The minimum absolute atomic E-state index is 0.186. The number of hydrogen-bond donors (Lipinski definition) is 2. The van der Waals surface area contributed by atoms with Crippen LogP contribution in [0.15, 0.2) is 48.7 Å². The summed E-state index contributed by atoms with van der Waals surface area (Å²) in [6.45, 7) is 4.56. The molecule has 0 fully saturated rings. The van der Waals surface area contributed by atoms with Crippen LogP contribution in [0, 0.1) is 5.92 Å². The number of carbonyl (C=O) groups excluding carboxylic acids is 2. The van der Waals surface area contributed by atoms with Gasteiger partial charge in [0, 0.05) is 18.4 Å². The molecule has 3 aromatic rings. The van der Waals surface area contributed by atoms with Crippen LogP contribution in [0.1, 0.15) is 35.0 Å². The monoisotopic (exact) mass is 366 g/mol. The molecule has 1 aromatic carbocycles. The Bertz CT molecular complexity index is 961. The van der Waals surface area contributed by atoms with Gasteiger partial charge in [-0.15, -0.1) is 0 Å². The molecule has 0 atom stereocenters. The average Bonchev–Trinajstić information content (AvgIpc) is 3.06. The predicted octanol–water partition coefficient (Wildman–Crippen LogP) is 2.98. The number of hydrogen-bond acceptors (Lipinski definition) is 4. The van der Waals surface area contributed by atoms with Crippen molar-refractivity contribution >= 4 is 23.0 Å². The normalized spacial score (nSPS) is 10.8. The summed E-state index contributed by atoms with van der Waals surface area (Å²) in [5.74, 6) is 0.508. The molecule has 7 nitrogen and oxygen atoms in total. The molecule has 2 amide bonds. The Kier molecular flexibility index (Phi) is 5.40. The van der Waals surface area contributed by atoms with E-state index in [2.05, 4.69) is 15.6 Å². The number of pyridine rings is 1. The average molecular weight is 366 g/mol. The molecule has 0 spiro atoms. The van der Waals surface area contributed by atoms with E-state index < -0.39 is 0 Å². The van der Waals surface area contributed by atoms with Crippen molar-refractivity contribution in [1.82, 2.24) is 14.7 Å². The number of rotatable bonds is 6. The highest BCUT2D eigenvalue weighted by molar-refractivity contribution is 6.08. The van der Waals surface area contributed by atoms with Crippen LogP contribution < -0.4 is 15.4 Å². The van der Waals surface area contributed by atoms with Crippen LogP contribution in [-0.2, 0) is 0 Å². The third kappa shape index (κ3) is 4.08. The van der Waals surface area contributed by atoms with E-state index in [1.54, 1.807) is 60.2 Å². The first kappa shape index (κ1) is 18.4. The lowest BCUT2D eigenvalue weighted by atomic mass is 10.2. The molecule has 7 heteroatoms. The van der Waals surface area contributed by atoms with Gasteiger partial charge in [-0.3, -0.25) is 14.0 Å². The first-order valence-electron chi connectivity index (χ1n) is 8.70. The summed E-state index contributed by atoms with van der Waals surface area (Å²) in [4.78, 5) is 29.5. The lowest BCUT2D eigenvalue weighted by molar-refractivity contribution is 0.0938.